The van der Waals surface area contributed by atoms with Gasteiger partial charge in [-0.1, -0.05) is 0 Å². The largest absolute Gasteiger partial charge is 0.481 e. The van der Waals surface area contributed by atoms with E-state index in [-0.39, 0.29) is 5.96 Å². The summed E-state index contributed by atoms with van der Waals surface area (Å²) in [6.45, 7) is -0.403. The monoisotopic (exact) mass is 299 g/mol. The number of rotatable bonds is 3. The summed E-state index contributed by atoms with van der Waals surface area (Å²) >= 11 is 0. The lowest BCUT2D eigenvalue weighted by atomic mass is 10.1. The molecule has 0 aromatic heterocycles. The van der Waals surface area contributed by atoms with Crippen LogP contribution in [0.5, 0.6) is 0 Å². The van der Waals surface area contributed by atoms with Crippen LogP contribution in [0.4, 0.5) is 0 Å². The third kappa shape index (κ3) is 2.12. The number of nitrogens with zero attached hydrogens (tertiary/aromatic N) is 3. The first-order valence-electron chi connectivity index (χ1n) is 6.40. The van der Waals surface area contributed by atoms with Crippen LogP contribution in [0.1, 0.15) is 0 Å². The van der Waals surface area contributed by atoms with Crippen molar-refractivity contribution in [2.75, 3.05) is 13.7 Å². The Morgan fingerprint density at radius 2 is 2.24 bits per heavy atom. The fraction of sp³-hybridized carbons (Fsp3) is 0.636. The predicted molar refractivity (Wildman–Crippen MR) is 70.7 cm³/mol. The Hall–Kier alpha value is -1.88. The van der Waals surface area contributed by atoms with E-state index in [0.717, 1.165) is 0 Å². The number of ether oxygens (including phenoxy) is 2. The van der Waals surface area contributed by atoms with Crippen LogP contribution in [0, 0.1) is 0 Å². The molecule has 1 unspecified atom stereocenters. The van der Waals surface area contributed by atoms with E-state index in [1.54, 1.807) is 0 Å². The molecule has 1 saturated heterocycles. The number of aliphatic imine (C=N–C) groups is 1. The first kappa shape index (κ1) is 14.1. The lowest BCUT2D eigenvalue weighted by Crippen LogP contribution is -2.55. The maximum absolute atomic E-state index is 10.1. The van der Waals surface area contributed by atoms with E-state index in [2.05, 4.69) is 15.4 Å². The van der Waals surface area contributed by atoms with Gasteiger partial charge in [0.05, 0.1) is 25.5 Å². The van der Waals surface area contributed by atoms with Gasteiger partial charge in [-0.3, -0.25) is 0 Å². The van der Waals surface area contributed by atoms with Crippen molar-refractivity contribution in [1.29, 1.82) is 0 Å². The minimum Gasteiger partial charge on any atom is -0.481 e. The number of methoxy groups -OCH3 is 1. The van der Waals surface area contributed by atoms with E-state index < -0.39 is 37.3 Å². The van der Waals surface area contributed by atoms with Gasteiger partial charge in [0.2, 0.25) is 5.88 Å². The highest BCUT2D eigenvalue weighted by Crippen LogP contribution is 2.31. The Bertz CT molecular complexity index is 521. The Kier molecular flexibility index (Phi) is 3.45. The van der Waals surface area contributed by atoms with Crippen molar-refractivity contribution in [2.45, 2.75) is 30.7 Å². The number of nitrogens with two attached hydrogens (primary N) is 1. The average molecular weight is 299 g/mol. The summed E-state index contributed by atoms with van der Waals surface area (Å²) in [5.74, 6) is 0.456. The van der Waals surface area contributed by atoms with Crippen molar-refractivity contribution in [3.8, 4) is 0 Å². The van der Waals surface area contributed by atoms with Gasteiger partial charge in [0.25, 0.3) is 0 Å². The highest BCUT2D eigenvalue weighted by atomic mass is 16.6. The summed E-state index contributed by atoms with van der Waals surface area (Å²) in [5.41, 5.74) is 6.31. The van der Waals surface area contributed by atoms with E-state index in [0.29, 0.717) is 11.5 Å². The molecule has 0 aromatic carbocycles. The molecule has 3 aliphatic heterocycles. The Labute approximate surface area is 120 Å². The van der Waals surface area contributed by atoms with E-state index >= 15 is 0 Å². The van der Waals surface area contributed by atoms with Crippen molar-refractivity contribution in [3.05, 3.63) is 11.5 Å². The molecule has 3 heterocycles. The molecule has 10 nitrogen and oxygen atoms in total. The number of hydrogen-bond acceptors (Lipinski definition) is 10. The minimum absolute atomic E-state index is 0.142. The minimum atomic E-state index is -1.22. The summed E-state index contributed by atoms with van der Waals surface area (Å²) in [4.78, 5) is 4.00. The molecule has 0 aromatic rings. The molecule has 6 N–H and O–H groups in total. The zero-order valence-electron chi connectivity index (χ0n) is 11.2. The Balaban J connectivity index is 1.85. The van der Waals surface area contributed by atoms with E-state index in [1.807, 2.05) is 0 Å². The van der Waals surface area contributed by atoms with Crippen molar-refractivity contribution >= 4 is 12.2 Å². The van der Waals surface area contributed by atoms with Gasteiger partial charge in [0.1, 0.15) is 18.3 Å². The van der Waals surface area contributed by atoms with Crippen LogP contribution in [-0.2, 0) is 9.47 Å². The highest BCUT2D eigenvalue weighted by molar-refractivity contribution is 5.89. The summed E-state index contributed by atoms with van der Waals surface area (Å²) in [5, 5.41) is 37.5. The number of hydrazone groups is 1. The van der Waals surface area contributed by atoms with E-state index in [4.69, 9.17) is 20.3 Å². The second-order valence-electron chi connectivity index (χ2n) is 4.86. The molecule has 0 aliphatic carbocycles. The number of aliphatic hydroxyl groups is 3. The highest BCUT2D eigenvalue weighted by Gasteiger charge is 2.49. The molecule has 116 valence electrons. The molecule has 0 saturated carbocycles. The zero-order valence-corrected chi connectivity index (χ0v) is 11.2. The van der Waals surface area contributed by atoms with E-state index in [9.17, 15) is 10.2 Å². The van der Waals surface area contributed by atoms with Crippen LogP contribution in [0.3, 0.4) is 0 Å². The van der Waals surface area contributed by atoms with Crippen LogP contribution < -0.4 is 11.1 Å². The fourth-order valence-corrected chi connectivity index (χ4v) is 2.55. The number of nitrogens with one attached hydrogen (secondary N) is 1. The van der Waals surface area contributed by atoms with Crippen LogP contribution in [0.2, 0.25) is 0 Å². The molecule has 5 atom stereocenters. The van der Waals surface area contributed by atoms with Gasteiger partial charge in [0, 0.05) is 0 Å². The first-order chi connectivity index (χ1) is 10.1. The molecular weight excluding hydrogens is 282 g/mol. The number of aliphatic hydroxyl groups excluding tert-OH is 3. The van der Waals surface area contributed by atoms with Gasteiger partial charge >= 0.3 is 0 Å². The Morgan fingerprint density at radius 1 is 1.48 bits per heavy atom. The van der Waals surface area contributed by atoms with E-state index in [1.165, 1.54) is 18.3 Å². The topological polar surface area (TPSA) is 145 Å². The lowest BCUT2D eigenvalue weighted by Gasteiger charge is -2.33. The summed E-state index contributed by atoms with van der Waals surface area (Å²) in [7, 11) is 1.46. The molecule has 0 bridgehead atoms. The van der Waals surface area contributed by atoms with Gasteiger partial charge in [-0.25, -0.2) is 5.01 Å². The molecule has 3 aliphatic rings. The van der Waals surface area contributed by atoms with Crippen LogP contribution in [0.25, 0.3) is 0 Å². The smallest absolute Gasteiger partial charge is 0.225 e. The molecule has 3 rings (SSSR count). The molecule has 10 heteroatoms. The van der Waals surface area contributed by atoms with Crippen molar-refractivity contribution in [3.63, 3.8) is 0 Å². The molecular formula is C11H17N5O5. The summed E-state index contributed by atoms with van der Waals surface area (Å²) < 4.78 is 10.6. The third-order valence-corrected chi connectivity index (χ3v) is 3.61. The van der Waals surface area contributed by atoms with Gasteiger partial charge in [-0.05, 0) is 0 Å². The number of hydrogen-bond donors (Lipinski definition) is 5. The maximum Gasteiger partial charge on any atom is 0.225 e. The Morgan fingerprint density at radius 3 is 2.86 bits per heavy atom. The molecule has 0 spiro atoms. The van der Waals surface area contributed by atoms with Crippen molar-refractivity contribution in [1.82, 2.24) is 10.3 Å². The SMILES string of the molecule is COC1=C2C=NN([C@@H]3O[C@H](CO)[C@@H](O)[C@H]3O)C2NC(N)=N1. The second-order valence-corrected chi connectivity index (χ2v) is 4.86. The van der Waals surface area contributed by atoms with Crippen LogP contribution in [0.15, 0.2) is 21.6 Å². The molecule has 0 radical (unpaired) electrons. The van der Waals surface area contributed by atoms with Gasteiger partial charge in [0.15, 0.2) is 18.4 Å². The normalized spacial score (nSPS) is 38.4. The number of guanidine groups is 1. The van der Waals surface area contributed by atoms with Crippen molar-refractivity contribution < 1.29 is 24.8 Å². The predicted octanol–water partition coefficient (Wildman–Crippen LogP) is -3.17. The molecule has 21 heavy (non-hydrogen) atoms. The molecule has 0 amide bonds. The quantitative estimate of drug-likeness (QED) is 0.367. The number of fused-ring (bicyclic) bond motifs is 1. The van der Waals surface area contributed by atoms with Gasteiger partial charge in [-0.2, -0.15) is 10.1 Å². The van der Waals surface area contributed by atoms with Gasteiger partial charge in [-0.15, -0.1) is 0 Å². The fourth-order valence-electron chi connectivity index (χ4n) is 2.55. The standard InChI is InChI=1S/C11H17N5O5/c1-20-9-4-2-13-16(8(4)14-11(12)15-9)10-7(19)6(18)5(3-17)21-10/h2,5-8,10,17-19H,3H2,1H3,(H3,12,14,15)/t5-,6-,7-,8?,10-/m1/s1. The van der Waals surface area contributed by atoms with Crippen molar-refractivity contribution in [2.24, 2.45) is 15.8 Å². The lowest BCUT2D eigenvalue weighted by molar-refractivity contribution is -0.106. The summed E-state index contributed by atoms with van der Waals surface area (Å²) in [6.07, 6.45) is -3.22. The van der Waals surface area contributed by atoms with Crippen LogP contribution >= 0.6 is 0 Å². The van der Waals surface area contributed by atoms with Gasteiger partial charge < -0.3 is 35.8 Å². The zero-order chi connectivity index (χ0) is 15.1. The van der Waals surface area contributed by atoms with Crippen LogP contribution in [-0.4, -0.2) is 76.9 Å². The average Bonchev–Trinajstić information content (AvgIpc) is 3.01. The maximum atomic E-state index is 10.1. The summed E-state index contributed by atoms with van der Waals surface area (Å²) in [6, 6.07) is 0. The second kappa shape index (κ2) is 5.15. The third-order valence-electron chi connectivity index (χ3n) is 3.61. The first-order valence-corrected chi connectivity index (χ1v) is 6.40. The molecule has 1 fully saturated rings.